The normalized spacial score (nSPS) is 10.9. The Hall–Kier alpha value is -3.84. The Balaban J connectivity index is 1.76. The lowest BCUT2D eigenvalue weighted by Gasteiger charge is -2.12. The molecule has 0 saturated heterocycles. The van der Waals surface area contributed by atoms with Gasteiger partial charge in [0.1, 0.15) is 6.07 Å². The smallest absolute Gasteiger partial charge is 0.103 e. The molecule has 4 nitrogen and oxygen atoms in total. The van der Waals surface area contributed by atoms with Crippen LogP contribution in [0.3, 0.4) is 0 Å². The van der Waals surface area contributed by atoms with Gasteiger partial charge in [-0.15, -0.1) is 0 Å². The lowest BCUT2D eigenvalue weighted by molar-refractivity contribution is 1.29. The van der Waals surface area contributed by atoms with Crippen molar-refractivity contribution in [3.8, 4) is 6.07 Å². The Morgan fingerprint density at radius 2 is 1.85 bits per heavy atom. The van der Waals surface area contributed by atoms with Gasteiger partial charge in [-0.25, -0.2) is 0 Å². The van der Waals surface area contributed by atoms with Gasteiger partial charge in [-0.3, -0.25) is 4.98 Å². The summed E-state index contributed by atoms with van der Waals surface area (Å²) in [4.78, 5) is 7.41. The second-order valence-electron chi connectivity index (χ2n) is 5.88. The van der Waals surface area contributed by atoms with E-state index in [1.54, 1.807) is 12.4 Å². The molecule has 0 aliphatic heterocycles. The number of hydrogen-bond donors (Lipinski definition) is 2. The number of aromatic nitrogens is 2. The van der Waals surface area contributed by atoms with Crippen molar-refractivity contribution < 1.29 is 0 Å². The highest BCUT2D eigenvalue weighted by Crippen LogP contribution is 2.30. The Bertz CT molecular complexity index is 1120. The fraction of sp³-hybridized carbons (Fsp3) is 0. The summed E-state index contributed by atoms with van der Waals surface area (Å²) in [7, 11) is 0. The summed E-state index contributed by atoms with van der Waals surface area (Å²) in [6.45, 7) is 0. The monoisotopic (exact) mass is 336 g/mol. The summed E-state index contributed by atoms with van der Waals surface area (Å²) >= 11 is 0. The molecule has 0 saturated carbocycles. The first-order valence-corrected chi connectivity index (χ1v) is 8.29. The van der Waals surface area contributed by atoms with Crippen molar-refractivity contribution in [3.63, 3.8) is 0 Å². The molecule has 0 radical (unpaired) electrons. The quantitative estimate of drug-likeness (QED) is 0.528. The maximum atomic E-state index is 9.52. The number of fused-ring (bicyclic) bond motifs is 1. The van der Waals surface area contributed by atoms with Crippen molar-refractivity contribution in [2.45, 2.75) is 0 Å². The van der Waals surface area contributed by atoms with Crippen LogP contribution in [0.1, 0.15) is 16.7 Å². The first-order chi connectivity index (χ1) is 12.8. The number of aromatic amines is 1. The molecule has 2 aromatic heterocycles. The minimum absolute atomic E-state index is 0.507. The fourth-order valence-corrected chi connectivity index (χ4v) is 2.91. The van der Waals surface area contributed by atoms with Crippen LogP contribution in [0.15, 0.2) is 73.2 Å². The third kappa shape index (κ3) is 3.06. The van der Waals surface area contributed by atoms with Gasteiger partial charge in [0.2, 0.25) is 0 Å². The van der Waals surface area contributed by atoms with E-state index in [0.29, 0.717) is 5.56 Å². The Morgan fingerprint density at radius 1 is 0.962 bits per heavy atom. The van der Waals surface area contributed by atoms with Crippen molar-refractivity contribution >= 4 is 34.4 Å². The average Bonchev–Trinajstić information content (AvgIpc) is 3.18. The molecule has 4 heteroatoms. The number of hydrogen-bond acceptors (Lipinski definition) is 3. The van der Waals surface area contributed by atoms with Gasteiger partial charge in [-0.05, 0) is 23.8 Å². The van der Waals surface area contributed by atoms with E-state index in [0.717, 1.165) is 33.4 Å². The van der Waals surface area contributed by atoms with E-state index in [-0.39, 0.29) is 0 Å². The van der Waals surface area contributed by atoms with Crippen molar-refractivity contribution in [2.24, 2.45) is 0 Å². The largest absolute Gasteiger partial charge is 0.361 e. The molecule has 2 N–H and O–H groups in total. The number of H-pyrrole nitrogens is 1. The van der Waals surface area contributed by atoms with E-state index in [1.807, 2.05) is 72.9 Å². The predicted octanol–water partition coefficient (Wildman–Crippen LogP) is 5.35. The highest BCUT2D eigenvalue weighted by Gasteiger charge is 2.10. The van der Waals surface area contributed by atoms with E-state index in [2.05, 4.69) is 21.4 Å². The first-order valence-electron chi connectivity index (χ1n) is 8.29. The number of benzene rings is 2. The highest BCUT2D eigenvalue weighted by atomic mass is 14.9. The third-order valence-corrected chi connectivity index (χ3v) is 4.21. The number of nitrogens with zero attached hydrogens (tertiary/aromatic N) is 2. The Labute approximate surface area is 151 Å². The summed E-state index contributed by atoms with van der Waals surface area (Å²) in [6.07, 6.45) is 9.24. The molecule has 26 heavy (non-hydrogen) atoms. The van der Waals surface area contributed by atoms with Crippen molar-refractivity contribution in [2.75, 3.05) is 5.32 Å². The standard InChI is InChI=1S/C22H16N4/c23-13-18-15-24-14-17(10-9-16-5-2-1-3-6-16)22(18)26-21-8-4-7-20-19(21)11-12-25-20/h1-12,14-15,25H,(H,24,26). The van der Waals surface area contributed by atoms with Gasteiger partial charge in [0.05, 0.1) is 11.3 Å². The first kappa shape index (κ1) is 15.7. The zero-order valence-corrected chi connectivity index (χ0v) is 14.0. The van der Waals surface area contributed by atoms with Crippen LogP contribution in [-0.2, 0) is 0 Å². The maximum absolute atomic E-state index is 9.52. The fourth-order valence-electron chi connectivity index (χ4n) is 2.91. The molecule has 4 rings (SSSR count). The summed E-state index contributed by atoms with van der Waals surface area (Å²) in [6, 6.07) is 20.3. The molecular weight excluding hydrogens is 320 g/mol. The van der Waals surface area contributed by atoms with Crippen molar-refractivity contribution in [1.82, 2.24) is 9.97 Å². The van der Waals surface area contributed by atoms with Crippen LogP contribution in [-0.4, -0.2) is 9.97 Å². The molecule has 2 heterocycles. The van der Waals surface area contributed by atoms with Gasteiger partial charge >= 0.3 is 0 Å². The Kier molecular flexibility index (Phi) is 4.19. The van der Waals surface area contributed by atoms with Crippen LogP contribution in [0, 0.1) is 11.3 Å². The van der Waals surface area contributed by atoms with Gasteiger partial charge in [-0.1, -0.05) is 48.6 Å². The summed E-state index contributed by atoms with van der Waals surface area (Å²) in [5.41, 5.74) is 5.20. The molecular formula is C22H16N4. The zero-order chi connectivity index (χ0) is 17.8. The van der Waals surface area contributed by atoms with E-state index in [9.17, 15) is 5.26 Å². The molecule has 0 spiro atoms. The van der Waals surface area contributed by atoms with Crippen LogP contribution >= 0.6 is 0 Å². The third-order valence-electron chi connectivity index (χ3n) is 4.21. The zero-order valence-electron chi connectivity index (χ0n) is 14.0. The lowest BCUT2D eigenvalue weighted by Crippen LogP contribution is -1.98. The van der Waals surface area contributed by atoms with Gasteiger partial charge in [0.25, 0.3) is 0 Å². The molecule has 0 aliphatic rings. The van der Waals surface area contributed by atoms with Gasteiger partial charge in [0, 0.05) is 40.7 Å². The van der Waals surface area contributed by atoms with Gasteiger partial charge < -0.3 is 10.3 Å². The molecule has 124 valence electrons. The lowest BCUT2D eigenvalue weighted by atomic mass is 10.1. The molecule has 0 fully saturated rings. The van der Waals surface area contributed by atoms with Gasteiger partial charge in [-0.2, -0.15) is 5.26 Å². The summed E-state index contributed by atoms with van der Waals surface area (Å²) in [5.74, 6) is 0. The second kappa shape index (κ2) is 6.96. The van der Waals surface area contributed by atoms with Crippen LogP contribution in [0.4, 0.5) is 11.4 Å². The van der Waals surface area contributed by atoms with Crippen LogP contribution in [0.5, 0.6) is 0 Å². The molecule has 2 aromatic carbocycles. The van der Waals surface area contributed by atoms with Gasteiger partial charge in [0.15, 0.2) is 0 Å². The van der Waals surface area contributed by atoms with Crippen LogP contribution < -0.4 is 5.32 Å². The summed E-state index contributed by atoms with van der Waals surface area (Å²) < 4.78 is 0. The number of pyridine rings is 1. The predicted molar refractivity (Wildman–Crippen MR) is 106 cm³/mol. The molecule has 0 amide bonds. The topological polar surface area (TPSA) is 64.5 Å². The highest BCUT2D eigenvalue weighted by molar-refractivity contribution is 5.95. The number of anilines is 2. The molecule has 4 aromatic rings. The van der Waals surface area contributed by atoms with E-state index >= 15 is 0 Å². The van der Waals surface area contributed by atoms with E-state index < -0.39 is 0 Å². The van der Waals surface area contributed by atoms with E-state index in [4.69, 9.17) is 0 Å². The number of nitrogens with one attached hydrogen (secondary N) is 2. The Morgan fingerprint density at radius 3 is 2.69 bits per heavy atom. The van der Waals surface area contributed by atoms with Crippen molar-refractivity contribution in [3.05, 3.63) is 89.9 Å². The minimum atomic E-state index is 0.507. The van der Waals surface area contributed by atoms with Crippen LogP contribution in [0.25, 0.3) is 23.1 Å². The minimum Gasteiger partial charge on any atom is -0.361 e. The number of nitriles is 1. The summed E-state index contributed by atoms with van der Waals surface area (Å²) in [5, 5.41) is 14.0. The maximum Gasteiger partial charge on any atom is 0.103 e. The number of rotatable bonds is 4. The van der Waals surface area contributed by atoms with Crippen molar-refractivity contribution in [1.29, 1.82) is 5.26 Å². The SMILES string of the molecule is N#Cc1cncc(C=Cc2ccccc2)c1Nc1cccc2[nH]ccc12. The van der Waals surface area contributed by atoms with Crippen LogP contribution in [0.2, 0.25) is 0 Å². The molecule has 0 aliphatic carbocycles. The molecule has 0 unspecified atom stereocenters. The molecule has 0 atom stereocenters. The van der Waals surface area contributed by atoms with E-state index in [1.165, 1.54) is 0 Å². The second-order valence-corrected chi connectivity index (χ2v) is 5.88. The average molecular weight is 336 g/mol. The molecule has 0 bridgehead atoms.